The van der Waals surface area contributed by atoms with Gasteiger partial charge < -0.3 is 5.32 Å². The number of nitrogens with one attached hydrogen (secondary N) is 1. The molecule has 1 N–H and O–H groups in total. The second-order valence-electron chi connectivity index (χ2n) is 6.28. The van der Waals surface area contributed by atoms with Gasteiger partial charge in [-0.15, -0.1) is 0 Å². The molecule has 1 aromatic rings. The van der Waals surface area contributed by atoms with Crippen molar-refractivity contribution < 1.29 is 0 Å². The number of nitrogens with zero attached hydrogens (tertiary/aromatic N) is 2. The standard InChI is InChI=1S/C16H29N3/c1-5-15(6-2)19-11-8-14(18-19)12-16(13(3)4)9-7-10-17-16/h8,11,13,15,17H,5-7,9-10,12H2,1-4H3. The van der Waals surface area contributed by atoms with E-state index in [-0.39, 0.29) is 5.54 Å². The minimum Gasteiger partial charge on any atom is -0.311 e. The summed E-state index contributed by atoms with van der Waals surface area (Å²) >= 11 is 0. The highest BCUT2D eigenvalue weighted by Crippen LogP contribution is 2.31. The minimum atomic E-state index is 0.271. The fourth-order valence-corrected chi connectivity index (χ4v) is 3.34. The van der Waals surface area contributed by atoms with Crippen LogP contribution in [0.3, 0.4) is 0 Å². The normalized spacial score (nSPS) is 23.7. The van der Waals surface area contributed by atoms with E-state index < -0.39 is 0 Å². The zero-order valence-electron chi connectivity index (χ0n) is 12.9. The highest BCUT2D eigenvalue weighted by molar-refractivity contribution is 5.09. The molecular weight excluding hydrogens is 234 g/mol. The van der Waals surface area contributed by atoms with Crippen LogP contribution in [-0.2, 0) is 6.42 Å². The van der Waals surface area contributed by atoms with Crippen LogP contribution in [0.5, 0.6) is 0 Å². The van der Waals surface area contributed by atoms with Crippen molar-refractivity contribution in [1.82, 2.24) is 15.1 Å². The van der Waals surface area contributed by atoms with E-state index in [0.717, 1.165) is 25.8 Å². The van der Waals surface area contributed by atoms with Crippen LogP contribution in [0.1, 0.15) is 65.1 Å². The highest BCUT2D eigenvalue weighted by Gasteiger charge is 2.37. The van der Waals surface area contributed by atoms with Crippen LogP contribution >= 0.6 is 0 Å². The largest absolute Gasteiger partial charge is 0.311 e. The fraction of sp³-hybridized carbons (Fsp3) is 0.812. The van der Waals surface area contributed by atoms with E-state index in [4.69, 9.17) is 5.10 Å². The molecule has 1 atom stereocenters. The first-order valence-corrected chi connectivity index (χ1v) is 7.90. The van der Waals surface area contributed by atoms with Crippen molar-refractivity contribution in [2.45, 2.75) is 71.4 Å². The second kappa shape index (κ2) is 6.08. The van der Waals surface area contributed by atoms with Crippen LogP contribution in [0.15, 0.2) is 12.3 Å². The third kappa shape index (κ3) is 3.02. The summed E-state index contributed by atoms with van der Waals surface area (Å²) in [5.41, 5.74) is 1.52. The number of aromatic nitrogens is 2. The summed E-state index contributed by atoms with van der Waals surface area (Å²) in [4.78, 5) is 0. The lowest BCUT2D eigenvalue weighted by Gasteiger charge is -2.33. The van der Waals surface area contributed by atoms with Crippen LogP contribution in [0.4, 0.5) is 0 Å². The van der Waals surface area contributed by atoms with Gasteiger partial charge in [0.05, 0.1) is 11.7 Å². The number of hydrogen-bond donors (Lipinski definition) is 1. The predicted molar refractivity (Wildman–Crippen MR) is 80.4 cm³/mol. The van der Waals surface area contributed by atoms with Crippen LogP contribution in [-0.4, -0.2) is 21.9 Å². The van der Waals surface area contributed by atoms with Gasteiger partial charge in [-0.25, -0.2) is 0 Å². The Morgan fingerprint density at radius 1 is 1.37 bits per heavy atom. The van der Waals surface area contributed by atoms with Crippen LogP contribution in [0.2, 0.25) is 0 Å². The maximum Gasteiger partial charge on any atom is 0.0643 e. The molecule has 0 amide bonds. The van der Waals surface area contributed by atoms with Gasteiger partial charge in [0.25, 0.3) is 0 Å². The van der Waals surface area contributed by atoms with Gasteiger partial charge in [0.15, 0.2) is 0 Å². The Morgan fingerprint density at radius 3 is 2.63 bits per heavy atom. The van der Waals surface area contributed by atoms with E-state index in [2.05, 4.69) is 50.0 Å². The minimum absolute atomic E-state index is 0.271. The van der Waals surface area contributed by atoms with Crippen molar-refractivity contribution >= 4 is 0 Å². The van der Waals surface area contributed by atoms with Gasteiger partial charge >= 0.3 is 0 Å². The Balaban J connectivity index is 2.10. The van der Waals surface area contributed by atoms with Crippen molar-refractivity contribution in [3.8, 4) is 0 Å². The molecule has 19 heavy (non-hydrogen) atoms. The molecule has 0 saturated carbocycles. The maximum atomic E-state index is 4.82. The summed E-state index contributed by atoms with van der Waals surface area (Å²) in [6.07, 6.45) is 8.12. The summed E-state index contributed by atoms with van der Waals surface area (Å²) < 4.78 is 2.16. The molecule has 0 bridgehead atoms. The Bertz CT molecular complexity index is 384. The lowest BCUT2D eigenvalue weighted by molar-refractivity contribution is 0.265. The average Bonchev–Trinajstić information content (AvgIpc) is 3.02. The Labute approximate surface area is 117 Å². The third-order valence-corrected chi connectivity index (χ3v) is 4.86. The van der Waals surface area contributed by atoms with Crippen molar-refractivity contribution in [3.63, 3.8) is 0 Å². The summed E-state index contributed by atoms with van der Waals surface area (Å²) in [7, 11) is 0. The van der Waals surface area contributed by atoms with E-state index in [9.17, 15) is 0 Å². The van der Waals surface area contributed by atoms with Gasteiger partial charge in [-0.05, 0) is 44.2 Å². The molecule has 1 aromatic heterocycles. The van der Waals surface area contributed by atoms with Gasteiger partial charge in [-0.3, -0.25) is 4.68 Å². The smallest absolute Gasteiger partial charge is 0.0643 e. The van der Waals surface area contributed by atoms with Gasteiger partial charge in [0.2, 0.25) is 0 Å². The summed E-state index contributed by atoms with van der Waals surface area (Å²) in [5, 5.41) is 8.56. The molecule has 1 saturated heterocycles. The molecule has 108 valence electrons. The SMILES string of the molecule is CCC(CC)n1ccc(CC2(C(C)C)CCCN2)n1. The molecule has 0 spiro atoms. The second-order valence-corrected chi connectivity index (χ2v) is 6.28. The fourth-order valence-electron chi connectivity index (χ4n) is 3.34. The number of rotatable bonds is 6. The first kappa shape index (κ1) is 14.6. The van der Waals surface area contributed by atoms with E-state index in [1.807, 2.05) is 0 Å². The maximum absolute atomic E-state index is 4.82. The van der Waals surface area contributed by atoms with Crippen molar-refractivity contribution in [3.05, 3.63) is 18.0 Å². The topological polar surface area (TPSA) is 29.9 Å². The van der Waals surface area contributed by atoms with E-state index in [1.54, 1.807) is 0 Å². The Morgan fingerprint density at radius 2 is 2.11 bits per heavy atom. The summed E-state index contributed by atoms with van der Waals surface area (Å²) in [6.45, 7) is 10.3. The zero-order chi connectivity index (χ0) is 13.9. The lowest BCUT2D eigenvalue weighted by atomic mass is 9.81. The van der Waals surface area contributed by atoms with Gasteiger partial charge in [0, 0.05) is 18.2 Å². The molecule has 1 aliphatic rings. The van der Waals surface area contributed by atoms with Crippen molar-refractivity contribution in [2.75, 3.05) is 6.54 Å². The van der Waals surface area contributed by atoms with Crippen LogP contribution in [0.25, 0.3) is 0 Å². The Kier molecular flexibility index (Phi) is 4.67. The summed E-state index contributed by atoms with van der Waals surface area (Å²) in [5.74, 6) is 0.660. The zero-order valence-corrected chi connectivity index (χ0v) is 12.9. The van der Waals surface area contributed by atoms with Crippen molar-refractivity contribution in [2.24, 2.45) is 5.92 Å². The molecule has 3 heteroatoms. The number of hydrogen-bond acceptors (Lipinski definition) is 2. The molecule has 1 aliphatic heterocycles. The molecule has 2 rings (SSSR count). The molecule has 3 nitrogen and oxygen atoms in total. The van der Waals surface area contributed by atoms with Crippen molar-refractivity contribution in [1.29, 1.82) is 0 Å². The molecule has 1 unspecified atom stereocenters. The van der Waals surface area contributed by atoms with E-state index in [0.29, 0.717) is 12.0 Å². The molecule has 1 fully saturated rings. The summed E-state index contributed by atoms with van der Waals surface area (Å²) in [6, 6.07) is 2.77. The van der Waals surface area contributed by atoms with Gasteiger partial charge in [-0.2, -0.15) is 5.10 Å². The monoisotopic (exact) mass is 263 g/mol. The average molecular weight is 263 g/mol. The highest BCUT2D eigenvalue weighted by atomic mass is 15.3. The van der Waals surface area contributed by atoms with E-state index >= 15 is 0 Å². The van der Waals surface area contributed by atoms with Crippen LogP contribution < -0.4 is 5.32 Å². The predicted octanol–water partition coefficient (Wildman–Crippen LogP) is 3.56. The molecule has 0 aromatic carbocycles. The van der Waals surface area contributed by atoms with Crippen LogP contribution in [0, 0.1) is 5.92 Å². The first-order chi connectivity index (χ1) is 9.11. The first-order valence-electron chi connectivity index (χ1n) is 7.90. The lowest BCUT2D eigenvalue weighted by Crippen LogP contribution is -2.46. The Hall–Kier alpha value is -0.830. The molecule has 2 heterocycles. The molecule has 0 aliphatic carbocycles. The third-order valence-electron chi connectivity index (χ3n) is 4.86. The molecular formula is C16H29N3. The quantitative estimate of drug-likeness (QED) is 0.850. The van der Waals surface area contributed by atoms with E-state index in [1.165, 1.54) is 18.5 Å². The molecule has 0 radical (unpaired) electrons. The van der Waals surface area contributed by atoms with Gasteiger partial charge in [0.1, 0.15) is 0 Å². The van der Waals surface area contributed by atoms with Gasteiger partial charge in [-0.1, -0.05) is 27.7 Å².